The standard InChI is InChI=1S/C18H18O5.C2H6/c1-2-22-11-12-23-16-9-5-14(6-10-16)18(21)17(20)13-3-7-15(19)8-4-13;1-2/h3-10,19H,2,11-12H2,1H3;1-2H3. The molecular weight excluding hydrogens is 320 g/mol. The molecule has 0 heterocycles. The van der Waals surface area contributed by atoms with Crippen molar-refractivity contribution in [3.05, 3.63) is 59.7 Å². The Labute approximate surface area is 148 Å². The maximum atomic E-state index is 12.2. The van der Waals surface area contributed by atoms with Crippen molar-refractivity contribution in [3.8, 4) is 11.5 Å². The van der Waals surface area contributed by atoms with Gasteiger partial charge in [-0.05, 0) is 55.5 Å². The molecular formula is C20H24O5. The summed E-state index contributed by atoms with van der Waals surface area (Å²) in [6, 6.07) is 12.0. The molecule has 0 unspecified atom stereocenters. The molecule has 0 aromatic heterocycles. The molecule has 0 aliphatic rings. The van der Waals surface area contributed by atoms with E-state index in [2.05, 4.69) is 0 Å². The molecule has 0 fully saturated rings. The third-order valence-electron chi connectivity index (χ3n) is 3.15. The summed E-state index contributed by atoms with van der Waals surface area (Å²) in [4.78, 5) is 24.3. The first-order valence-corrected chi connectivity index (χ1v) is 8.30. The van der Waals surface area contributed by atoms with Gasteiger partial charge in [-0.2, -0.15) is 0 Å². The number of phenolic OH excluding ortho intramolecular Hbond substituents is 1. The van der Waals surface area contributed by atoms with Crippen molar-refractivity contribution in [3.63, 3.8) is 0 Å². The lowest BCUT2D eigenvalue weighted by Gasteiger charge is -2.07. The monoisotopic (exact) mass is 344 g/mol. The van der Waals surface area contributed by atoms with Crippen LogP contribution in [0.15, 0.2) is 48.5 Å². The van der Waals surface area contributed by atoms with Crippen LogP contribution in [0.25, 0.3) is 0 Å². The highest BCUT2D eigenvalue weighted by Gasteiger charge is 2.18. The zero-order chi connectivity index (χ0) is 18.7. The number of aromatic hydroxyl groups is 1. The fraction of sp³-hybridized carbons (Fsp3) is 0.300. The van der Waals surface area contributed by atoms with Crippen LogP contribution in [0, 0.1) is 0 Å². The number of carbonyl (C=O) groups is 2. The Balaban J connectivity index is 0.00000151. The molecule has 134 valence electrons. The minimum absolute atomic E-state index is 0.0440. The third-order valence-corrected chi connectivity index (χ3v) is 3.15. The number of ketones is 2. The van der Waals surface area contributed by atoms with Crippen molar-refractivity contribution < 1.29 is 24.2 Å². The van der Waals surface area contributed by atoms with E-state index in [9.17, 15) is 14.7 Å². The van der Waals surface area contributed by atoms with E-state index in [1.165, 1.54) is 24.3 Å². The number of hydrogen-bond acceptors (Lipinski definition) is 5. The number of Topliss-reactive ketones (excluding diaryl/α,β-unsaturated/α-hetero) is 2. The molecule has 2 aromatic rings. The number of hydrogen-bond donors (Lipinski definition) is 1. The maximum Gasteiger partial charge on any atom is 0.233 e. The largest absolute Gasteiger partial charge is 0.508 e. The molecule has 0 atom stereocenters. The maximum absolute atomic E-state index is 12.2. The molecule has 1 N–H and O–H groups in total. The molecule has 0 radical (unpaired) electrons. The molecule has 0 aliphatic heterocycles. The quantitative estimate of drug-likeness (QED) is 0.447. The van der Waals surface area contributed by atoms with Crippen molar-refractivity contribution in [2.24, 2.45) is 0 Å². The van der Waals surface area contributed by atoms with Gasteiger partial charge in [0.2, 0.25) is 11.6 Å². The van der Waals surface area contributed by atoms with E-state index in [4.69, 9.17) is 9.47 Å². The Bertz CT molecular complexity index is 659. The van der Waals surface area contributed by atoms with Gasteiger partial charge in [0.1, 0.15) is 18.1 Å². The minimum Gasteiger partial charge on any atom is -0.508 e. The molecule has 0 aliphatic carbocycles. The Morgan fingerprint density at radius 1 is 0.840 bits per heavy atom. The molecule has 2 rings (SSSR count). The van der Waals surface area contributed by atoms with Crippen molar-refractivity contribution in [2.45, 2.75) is 20.8 Å². The van der Waals surface area contributed by atoms with Crippen LogP contribution in [0.1, 0.15) is 41.5 Å². The van der Waals surface area contributed by atoms with E-state index in [0.717, 1.165) is 0 Å². The number of phenols is 1. The number of ether oxygens (including phenoxy) is 2. The van der Waals surface area contributed by atoms with Crippen LogP contribution in [0.4, 0.5) is 0 Å². The number of benzene rings is 2. The summed E-state index contributed by atoms with van der Waals surface area (Å²) in [5.41, 5.74) is 0.532. The van der Waals surface area contributed by atoms with Gasteiger partial charge in [0.15, 0.2) is 0 Å². The zero-order valence-corrected chi connectivity index (χ0v) is 14.8. The summed E-state index contributed by atoms with van der Waals surface area (Å²) in [7, 11) is 0. The average molecular weight is 344 g/mol. The van der Waals surface area contributed by atoms with Crippen molar-refractivity contribution in [1.29, 1.82) is 0 Å². The van der Waals surface area contributed by atoms with Gasteiger partial charge in [-0.15, -0.1) is 0 Å². The van der Waals surface area contributed by atoms with Gasteiger partial charge < -0.3 is 14.6 Å². The third kappa shape index (κ3) is 6.39. The fourth-order valence-electron chi connectivity index (χ4n) is 1.94. The van der Waals surface area contributed by atoms with E-state index < -0.39 is 11.6 Å². The summed E-state index contributed by atoms with van der Waals surface area (Å²) in [6.45, 7) is 7.46. The van der Waals surface area contributed by atoms with Crippen LogP contribution in [0.2, 0.25) is 0 Å². The predicted molar refractivity (Wildman–Crippen MR) is 96.5 cm³/mol. The van der Waals surface area contributed by atoms with Crippen LogP contribution in [-0.2, 0) is 4.74 Å². The van der Waals surface area contributed by atoms with Crippen LogP contribution < -0.4 is 4.74 Å². The lowest BCUT2D eigenvalue weighted by molar-refractivity contribution is 0.0817. The van der Waals surface area contributed by atoms with Crippen LogP contribution in [0.3, 0.4) is 0 Å². The summed E-state index contributed by atoms with van der Waals surface area (Å²) in [5.74, 6) is -0.563. The first kappa shape index (κ1) is 20.4. The molecule has 0 saturated carbocycles. The first-order valence-electron chi connectivity index (χ1n) is 8.30. The lowest BCUT2D eigenvalue weighted by atomic mass is 10.0. The van der Waals surface area contributed by atoms with Crippen molar-refractivity contribution >= 4 is 11.6 Å². The fourth-order valence-corrected chi connectivity index (χ4v) is 1.94. The van der Waals surface area contributed by atoms with E-state index >= 15 is 0 Å². The zero-order valence-electron chi connectivity index (χ0n) is 14.8. The van der Waals surface area contributed by atoms with Crippen molar-refractivity contribution in [1.82, 2.24) is 0 Å². The second kappa shape index (κ2) is 11.0. The van der Waals surface area contributed by atoms with Crippen LogP contribution in [-0.4, -0.2) is 36.5 Å². The molecule has 0 bridgehead atoms. The van der Waals surface area contributed by atoms with Crippen molar-refractivity contribution in [2.75, 3.05) is 19.8 Å². The van der Waals surface area contributed by atoms with Gasteiger partial charge >= 0.3 is 0 Å². The minimum atomic E-state index is -0.616. The van der Waals surface area contributed by atoms with E-state index in [1.54, 1.807) is 24.3 Å². The summed E-state index contributed by atoms with van der Waals surface area (Å²) >= 11 is 0. The SMILES string of the molecule is CC.CCOCCOc1ccc(C(=O)C(=O)c2ccc(O)cc2)cc1. The highest BCUT2D eigenvalue weighted by atomic mass is 16.5. The summed E-state index contributed by atoms with van der Waals surface area (Å²) in [5, 5.41) is 9.21. The van der Waals surface area contributed by atoms with Crippen LogP contribution >= 0.6 is 0 Å². The van der Waals surface area contributed by atoms with E-state index in [1.807, 2.05) is 20.8 Å². The highest BCUT2D eigenvalue weighted by Crippen LogP contribution is 2.16. The molecule has 2 aromatic carbocycles. The van der Waals surface area contributed by atoms with Gasteiger partial charge in [0.05, 0.1) is 6.61 Å². The number of carbonyl (C=O) groups excluding carboxylic acids is 2. The summed E-state index contributed by atoms with van der Waals surface area (Å²) < 4.78 is 10.6. The molecule has 25 heavy (non-hydrogen) atoms. The average Bonchev–Trinajstić information content (AvgIpc) is 2.67. The summed E-state index contributed by atoms with van der Waals surface area (Å²) in [6.07, 6.45) is 0. The highest BCUT2D eigenvalue weighted by molar-refractivity contribution is 6.49. The molecule has 0 spiro atoms. The number of rotatable bonds is 8. The Kier molecular flexibility index (Phi) is 8.96. The smallest absolute Gasteiger partial charge is 0.233 e. The molecule has 5 heteroatoms. The second-order valence-electron chi connectivity index (χ2n) is 4.77. The van der Waals surface area contributed by atoms with Gasteiger partial charge in [-0.25, -0.2) is 0 Å². The molecule has 0 saturated heterocycles. The molecule has 0 amide bonds. The van der Waals surface area contributed by atoms with E-state index in [0.29, 0.717) is 31.1 Å². The van der Waals surface area contributed by atoms with Gasteiger partial charge in [0, 0.05) is 17.7 Å². The normalized spacial score (nSPS) is 9.72. The van der Waals surface area contributed by atoms with Gasteiger partial charge in [-0.3, -0.25) is 9.59 Å². The Morgan fingerprint density at radius 3 is 1.80 bits per heavy atom. The first-order chi connectivity index (χ1) is 12.1. The topological polar surface area (TPSA) is 72.8 Å². The molecule has 5 nitrogen and oxygen atoms in total. The second-order valence-corrected chi connectivity index (χ2v) is 4.77. The Hall–Kier alpha value is -2.66. The van der Waals surface area contributed by atoms with Gasteiger partial charge in [-0.1, -0.05) is 13.8 Å². The predicted octanol–water partition coefficient (Wildman–Crippen LogP) is 3.90. The van der Waals surface area contributed by atoms with Gasteiger partial charge in [0.25, 0.3) is 0 Å². The Morgan fingerprint density at radius 2 is 1.32 bits per heavy atom. The van der Waals surface area contributed by atoms with E-state index in [-0.39, 0.29) is 11.3 Å². The lowest BCUT2D eigenvalue weighted by Crippen LogP contribution is -2.14. The van der Waals surface area contributed by atoms with Crippen LogP contribution in [0.5, 0.6) is 11.5 Å².